The zero-order valence-corrected chi connectivity index (χ0v) is 13.6. The Morgan fingerprint density at radius 2 is 1.86 bits per heavy atom. The van der Waals surface area contributed by atoms with E-state index in [0.717, 1.165) is 31.6 Å². The molecular weight excluding hydrogens is 262 g/mol. The van der Waals surface area contributed by atoms with Crippen LogP contribution in [0.5, 0.6) is 0 Å². The van der Waals surface area contributed by atoms with E-state index in [4.69, 9.17) is 5.73 Å². The Morgan fingerprint density at radius 3 is 2.48 bits per heavy atom. The van der Waals surface area contributed by atoms with Crippen LogP contribution >= 0.6 is 0 Å². The fraction of sp³-hybridized carbons (Fsp3) is 0.588. The molecule has 0 aromatic heterocycles. The molecule has 0 heterocycles. The third-order valence-corrected chi connectivity index (χ3v) is 3.52. The molecule has 0 saturated heterocycles. The number of aryl methyl sites for hydroxylation is 1. The number of carbonyl (C=O) groups is 1. The molecular formula is C17H29N3O. The zero-order valence-electron chi connectivity index (χ0n) is 13.6. The molecule has 0 atom stereocenters. The number of hydrogen-bond donors (Lipinski definition) is 2. The first-order valence-corrected chi connectivity index (χ1v) is 7.95. The first-order chi connectivity index (χ1) is 10.1. The summed E-state index contributed by atoms with van der Waals surface area (Å²) in [7, 11) is 0. The number of benzene rings is 1. The number of anilines is 1. The standard InChI is InChI=1S/C17H29N3O/c1-4-10-20(11-5-2)12-6-9-19-17(21)16-13-15(18)8-7-14(16)3/h7-8,13H,4-6,9-12,18H2,1-3H3,(H,19,21). The van der Waals surface area contributed by atoms with Gasteiger partial charge in [0, 0.05) is 17.8 Å². The fourth-order valence-electron chi connectivity index (χ4n) is 2.45. The normalized spacial score (nSPS) is 10.9. The third-order valence-electron chi connectivity index (χ3n) is 3.52. The minimum atomic E-state index is -0.0302. The average molecular weight is 291 g/mol. The van der Waals surface area contributed by atoms with Crippen molar-refractivity contribution >= 4 is 11.6 Å². The SMILES string of the molecule is CCCN(CCC)CCCNC(=O)c1cc(N)ccc1C. The Morgan fingerprint density at radius 1 is 1.19 bits per heavy atom. The van der Waals surface area contributed by atoms with Crippen LogP contribution < -0.4 is 11.1 Å². The summed E-state index contributed by atoms with van der Waals surface area (Å²) < 4.78 is 0. The number of nitrogens with one attached hydrogen (secondary N) is 1. The van der Waals surface area contributed by atoms with Crippen LogP contribution in [0.1, 0.15) is 49.0 Å². The maximum absolute atomic E-state index is 12.1. The lowest BCUT2D eigenvalue weighted by molar-refractivity contribution is 0.0951. The van der Waals surface area contributed by atoms with Crippen molar-refractivity contribution in [2.45, 2.75) is 40.0 Å². The van der Waals surface area contributed by atoms with Gasteiger partial charge in [0.15, 0.2) is 0 Å². The van der Waals surface area contributed by atoms with Gasteiger partial charge in [0.25, 0.3) is 5.91 Å². The number of carbonyl (C=O) groups excluding carboxylic acids is 1. The molecule has 21 heavy (non-hydrogen) atoms. The van der Waals surface area contributed by atoms with Gasteiger partial charge in [-0.25, -0.2) is 0 Å². The molecule has 1 amide bonds. The van der Waals surface area contributed by atoms with E-state index in [2.05, 4.69) is 24.1 Å². The molecule has 3 N–H and O–H groups in total. The summed E-state index contributed by atoms with van der Waals surface area (Å²) in [5.74, 6) is -0.0302. The van der Waals surface area contributed by atoms with Crippen LogP contribution in [0.4, 0.5) is 5.69 Å². The molecule has 4 heteroatoms. The molecule has 0 saturated carbocycles. The van der Waals surface area contributed by atoms with E-state index in [1.165, 1.54) is 12.8 Å². The number of rotatable bonds is 9. The van der Waals surface area contributed by atoms with Crippen LogP contribution in [0, 0.1) is 6.92 Å². The van der Waals surface area contributed by atoms with Crippen LogP contribution in [-0.4, -0.2) is 37.0 Å². The van der Waals surface area contributed by atoms with Crippen molar-refractivity contribution in [3.63, 3.8) is 0 Å². The van der Waals surface area contributed by atoms with Crippen molar-refractivity contribution in [3.05, 3.63) is 29.3 Å². The first-order valence-electron chi connectivity index (χ1n) is 7.95. The van der Waals surface area contributed by atoms with Gasteiger partial charge in [-0.05, 0) is 63.5 Å². The lowest BCUT2D eigenvalue weighted by Gasteiger charge is -2.20. The highest BCUT2D eigenvalue weighted by Gasteiger charge is 2.09. The summed E-state index contributed by atoms with van der Waals surface area (Å²) >= 11 is 0. The third kappa shape index (κ3) is 6.17. The van der Waals surface area contributed by atoms with E-state index in [9.17, 15) is 4.79 Å². The van der Waals surface area contributed by atoms with Crippen molar-refractivity contribution < 1.29 is 4.79 Å². The largest absolute Gasteiger partial charge is 0.399 e. The maximum atomic E-state index is 12.1. The predicted octanol–water partition coefficient (Wildman–Crippen LogP) is 2.82. The predicted molar refractivity (Wildman–Crippen MR) is 89.6 cm³/mol. The quantitative estimate of drug-likeness (QED) is 0.543. The second kappa shape index (κ2) is 9.40. The van der Waals surface area contributed by atoms with Crippen LogP contribution in [0.25, 0.3) is 0 Å². The highest BCUT2D eigenvalue weighted by Crippen LogP contribution is 2.12. The van der Waals surface area contributed by atoms with Gasteiger partial charge in [-0.1, -0.05) is 19.9 Å². The van der Waals surface area contributed by atoms with E-state index < -0.39 is 0 Å². The second-order valence-electron chi connectivity index (χ2n) is 5.53. The van der Waals surface area contributed by atoms with Crippen molar-refractivity contribution in [1.82, 2.24) is 10.2 Å². The molecule has 0 aliphatic carbocycles. The highest BCUT2D eigenvalue weighted by molar-refractivity contribution is 5.96. The van der Waals surface area contributed by atoms with Crippen LogP contribution in [0.3, 0.4) is 0 Å². The molecule has 0 fully saturated rings. The van der Waals surface area contributed by atoms with Crippen molar-refractivity contribution in [3.8, 4) is 0 Å². The van der Waals surface area contributed by atoms with Gasteiger partial charge in [0.1, 0.15) is 0 Å². The van der Waals surface area contributed by atoms with E-state index in [1.54, 1.807) is 6.07 Å². The Kier molecular flexibility index (Phi) is 7.83. The lowest BCUT2D eigenvalue weighted by atomic mass is 10.1. The molecule has 0 bridgehead atoms. The lowest BCUT2D eigenvalue weighted by Crippen LogP contribution is -2.31. The molecule has 0 radical (unpaired) electrons. The van der Waals surface area contributed by atoms with E-state index in [0.29, 0.717) is 17.8 Å². The Hall–Kier alpha value is -1.55. The maximum Gasteiger partial charge on any atom is 0.251 e. The second-order valence-corrected chi connectivity index (χ2v) is 5.53. The van der Waals surface area contributed by atoms with E-state index in [-0.39, 0.29) is 5.91 Å². The summed E-state index contributed by atoms with van der Waals surface area (Å²) in [6.45, 7) is 10.3. The Balaban J connectivity index is 2.38. The molecule has 1 aromatic carbocycles. The summed E-state index contributed by atoms with van der Waals surface area (Å²) in [6.07, 6.45) is 3.33. The topological polar surface area (TPSA) is 58.4 Å². The minimum Gasteiger partial charge on any atom is -0.399 e. The molecule has 118 valence electrons. The first kappa shape index (κ1) is 17.5. The van der Waals surface area contributed by atoms with Gasteiger partial charge in [0.2, 0.25) is 0 Å². The number of hydrogen-bond acceptors (Lipinski definition) is 3. The van der Waals surface area contributed by atoms with Gasteiger partial charge in [-0.15, -0.1) is 0 Å². The van der Waals surface area contributed by atoms with Crippen LogP contribution in [0.2, 0.25) is 0 Å². The molecule has 0 aliphatic heterocycles. The van der Waals surface area contributed by atoms with Crippen LogP contribution in [0.15, 0.2) is 18.2 Å². The number of nitrogen functional groups attached to an aromatic ring is 1. The van der Waals surface area contributed by atoms with Gasteiger partial charge in [-0.3, -0.25) is 4.79 Å². The molecule has 0 aliphatic rings. The summed E-state index contributed by atoms with van der Waals surface area (Å²) in [6, 6.07) is 5.44. The summed E-state index contributed by atoms with van der Waals surface area (Å²) in [5, 5.41) is 2.99. The van der Waals surface area contributed by atoms with Crippen molar-refractivity contribution in [1.29, 1.82) is 0 Å². The minimum absolute atomic E-state index is 0.0302. The highest BCUT2D eigenvalue weighted by atomic mass is 16.1. The van der Waals surface area contributed by atoms with E-state index >= 15 is 0 Å². The zero-order chi connectivity index (χ0) is 15.7. The molecule has 1 rings (SSSR count). The fourth-order valence-corrected chi connectivity index (χ4v) is 2.45. The molecule has 1 aromatic rings. The van der Waals surface area contributed by atoms with Gasteiger partial charge in [-0.2, -0.15) is 0 Å². The molecule has 4 nitrogen and oxygen atoms in total. The summed E-state index contributed by atoms with van der Waals surface area (Å²) in [4.78, 5) is 14.6. The van der Waals surface area contributed by atoms with E-state index in [1.807, 2.05) is 19.1 Å². The smallest absolute Gasteiger partial charge is 0.251 e. The van der Waals surface area contributed by atoms with Gasteiger partial charge >= 0.3 is 0 Å². The van der Waals surface area contributed by atoms with Crippen molar-refractivity contribution in [2.75, 3.05) is 31.9 Å². The monoisotopic (exact) mass is 291 g/mol. The summed E-state index contributed by atoms with van der Waals surface area (Å²) in [5.41, 5.74) is 8.00. The number of amides is 1. The van der Waals surface area contributed by atoms with Gasteiger partial charge in [0.05, 0.1) is 0 Å². The molecule has 0 unspecified atom stereocenters. The average Bonchev–Trinajstić information content (AvgIpc) is 2.46. The van der Waals surface area contributed by atoms with Crippen LogP contribution in [-0.2, 0) is 0 Å². The number of nitrogens with two attached hydrogens (primary N) is 1. The molecule has 0 spiro atoms. The Labute approximate surface area is 128 Å². The Bertz CT molecular complexity index is 440. The van der Waals surface area contributed by atoms with Gasteiger partial charge < -0.3 is 16.0 Å². The number of nitrogens with zero attached hydrogens (tertiary/aromatic N) is 1. The van der Waals surface area contributed by atoms with Crippen molar-refractivity contribution in [2.24, 2.45) is 0 Å².